The van der Waals surface area contributed by atoms with Gasteiger partial charge in [0.25, 0.3) is 5.91 Å². The third kappa shape index (κ3) is 3.36. The van der Waals surface area contributed by atoms with Crippen LogP contribution in [0.5, 0.6) is 5.75 Å². The molecule has 1 aromatic carbocycles. The Balaban J connectivity index is 2.09. The molecule has 3 N–H and O–H groups in total. The molecule has 1 aromatic rings. The standard InChI is InChI=1S/C13H15IN2O2S/c14-9-1-2-11(17)10(7-9)13(18)16-5-3-8(4-6-16)12(15)19/h1-2,7-8,17H,3-6H2,(H2,15,19). The molecule has 0 saturated carbocycles. The van der Waals surface area contributed by atoms with Crippen molar-refractivity contribution in [1.29, 1.82) is 0 Å². The van der Waals surface area contributed by atoms with Gasteiger partial charge in [0.05, 0.1) is 10.6 Å². The molecule has 1 heterocycles. The average molecular weight is 390 g/mol. The van der Waals surface area contributed by atoms with Crippen LogP contribution >= 0.6 is 34.8 Å². The number of benzene rings is 1. The number of aromatic hydroxyl groups is 1. The van der Waals surface area contributed by atoms with Crippen LogP contribution in [0.25, 0.3) is 0 Å². The quantitative estimate of drug-likeness (QED) is 0.600. The zero-order valence-corrected chi connectivity index (χ0v) is 13.3. The summed E-state index contributed by atoms with van der Waals surface area (Å²) in [6.45, 7) is 1.26. The van der Waals surface area contributed by atoms with Gasteiger partial charge in [-0.05, 0) is 53.6 Å². The molecule has 1 fully saturated rings. The van der Waals surface area contributed by atoms with Gasteiger partial charge in [0.2, 0.25) is 0 Å². The molecule has 1 aliphatic rings. The van der Waals surface area contributed by atoms with Crippen LogP contribution in [0.3, 0.4) is 0 Å². The number of halogens is 1. The van der Waals surface area contributed by atoms with Crippen LogP contribution in [-0.2, 0) is 0 Å². The Bertz CT molecular complexity index is 513. The summed E-state index contributed by atoms with van der Waals surface area (Å²) in [5, 5.41) is 9.78. The zero-order chi connectivity index (χ0) is 14.0. The predicted molar refractivity (Wildman–Crippen MR) is 86.2 cm³/mol. The van der Waals surface area contributed by atoms with Crippen LogP contribution in [0.4, 0.5) is 0 Å². The topological polar surface area (TPSA) is 66.6 Å². The van der Waals surface area contributed by atoms with Crippen LogP contribution in [0.15, 0.2) is 18.2 Å². The fourth-order valence-electron chi connectivity index (χ4n) is 2.22. The monoisotopic (exact) mass is 390 g/mol. The number of nitrogens with zero attached hydrogens (tertiary/aromatic N) is 1. The first-order valence-corrected chi connectivity index (χ1v) is 7.55. The summed E-state index contributed by atoms with van der Waals surface area (Å²) in [6.07, 6.45) is 1.59. The molecule has 1 amide bonds. The molecule has 1 aliphatic heterocycles. The summed E-state index contributed by atoms with van der Waals surface area (Å²) in [5.74, 6) is 0.128. The van der Waals surface area contributed by atoms with Crippen molar-refractivity contribution in [3.8, 4) is 5.75 Å². The smallest absolute Gasteiger partial charge is 0.257 e. The van der Waals surface area contributed by atoms with E-state index in [2.05, 4.69) is 22.6 Å². The summed E-state index contributed by atoms with van der Waals surface area (Å²) in [6, 6.07) is 5.03. The maximum atomic E-state index is 12.3. The fraction of sp³-hybridized carbons (Fsp3) is 0.385. The molecular weight excluding hydrogens is 375 g/mol. The van der Waals surface area contributed by atoms with Crippen LogP contribution < -0.4 is 5.73 Å². The Morgan fingerprint density at radius 2 is 2.05 bits per heavy atom. The Labute approximate surface area is 131 Å². The lowest BCUT2D eigenvalue weighted by atomic mass is 9.96. The minimum Gasteiger partial charge on any atom is -0.507 e. The number of phenolic OH excluding ortho intramolecular Hbond substituents is 1. The van der Waals surface area contributed by atoms with Gasteiger partial charge in [-0.15, -0.1) is 0 Å². The summed E-state index contributed by atoms with van der Waals surface area (Å²) in [7, 11) is 0. The average Bonchev–Trinajstić information content (AvgIpc) is 2.41. The number of nitrogens with two attached hydrogens (primary N) is 1. The molecule has 6 heteroatoms. The minimum absolute atomic E-state index is 0.0295. The van der Waals surface area contributed by atoms with Crippen molar-refractivity contribution < 1.29 is 9.90 Å². The highest BCUT2D eigenvalue weighted by atomic mass is 127. The van der Waals surface area contributed by atoms with E-state index < -0.39 is 0 Å². The van der Waals surface area contributed by atoms with E-state index in [0.717, 1.165) is 16.4 Å². The summed E-state index contributed by atoms with van der Waals surface area (Å²) in [4.78, 5) is 14.6. The van der Waals surface area contributed by atoms with Crippen molar-refractivity contribution in [2.75, 3.05) is 13.1 Å². The number of hydrogen-bond donors (Lipinski definition) is 2. The highest BCUT2D eigenvalue weighted by molar-refractivity contribution is 14.1. The molecule has 0 aliphatic carbocycles. The second-order valence-electron chi connectivity index (χ2n) is 4.63. The van der Waals surface area contributed by atoms with E-state index in [-0.39, 0.29) is 17.6 Å². The summed E-state index contributed by atoms with van der Waals surface area (Å²) < 4.78 is 0.928. The van der Waals surface area contributed by atoms with E-state index in [1.165, 1.54) is 0 Å². The van der Waals surface area contributed by atoms with Crippen LogP contribution in [-0.4, -0.2) is 34.0 Å². The van der Waals surface area contributed by atoms with Crippen molar-refractivity contribution >= 4 is 45.7 Å². The fourth-order valence-corrected chi connectivity index (χ4v) is 2.94. The number of likely N-dealkylation sites (tertiary alicyclic amines) is 1. The van der Waals surface area contributed by atoms with E-state index in [1.54, 1.807) is 23.1 Å². The van der Waals surface area contributed by atoms with Crippen molar-refractivity contribution in [1.82, 2.24) is 4.90 Å². The molecule has 102 valence electrons. The molecule has 0 atom stereocenters. The minimum atomic E-state index is -0.127. The Kier molecular flexibility index (Phi) is 4.62. The molecule has 0 spiro atoms. The lowest BCUT2D eigenvalue weighted by molar-refractivity contribution is 0.0707. The second kappa shape index (κ2) is 6.04. The molecule has 2 rings (SSSR count). The number of rotatable bonds is 2. The molecule has 0 bridgehead atoms. The van der Waals surface area contributed by atoms with Gasteiger partial charge < -0.3 is 15.7 Å². The van der Waals surface area contributed by atoms with Crippen molar-refractivity contribution in [3.05, 3.63) is 27.3 Å². The molecule has 0 radical (unpaired) electrons. The number of thiocarbonyl (C=S) groups is 1. The normalized spacial score (nSPS) is 16.4. The van der Waals surface area contributed by atoms with E-state index in [0.29, 0.717) is 23.6 Å². The van der Waals surface area contributed by atoms with E-state index >= 15 is 0 Å². The van der Waals surface area contributed by atoms with E-state index in [4.69, 9.17) is 18.0 Å². The van der Waals surface area contributed by atoms with Crippen LogP contribution in [0, 0.1) is 9.49 Å². The zero-order valence-electron chi connectivity index (χ0n) is 10.3. The first-order valence-electron chi connectivity index (χ1n) is 6.06. The molecule has 0 aromatic heterocycles. The third-order valence-electron chi connectivity index (χ3n) is 3.37. The number of hydrogen-bond acceptors (Lipinski definition) is 3. The maximum Gasteiger partial charge on any atom is 0.257 e. The van der Waals surface area contributed by atoms with Gasteiger partial charge in [-0.2, -0.15) is 0 Å². The lowest BCUT2D eigenvalue weighted by Gasteiger charge is -2.31. The Morgan fingerprint density at radius 3 is 2.63 bits per heavy atom. The lowest BCUT2D eigenvalue weighted by Crippen LogP contribution is -2.41. The van der Waals surface area contributed by atoms with Crippen LogP contribution in [0.1, 0.15) is 23.2 Å². The predicted octanol–water partition coefficient (Wildman–Crippen LogP) is 2.14. The van der Waals surface area contributed by atoms with Gasteiger partial charge in [0.15, 0.2) is 0 Å². The van der Waals surface area contributed by atoms with Crippen molar-refractivity contribution in [3.63, 3.8) is 0 Å². The second-order valence-corrected chi connectivity index (χ2v) is 6.35. The Morgan fingerprint density at radius 1 is 1.42 bits per heavy atom. The maximum absolute atomic E-state index is 12.3. The van der Waals surface area contributed by atoms with Crippen LogP contribution in [0.2, 0.25) is 0 Å². The van der Waals surface area contributed by atoms with Crippen molar-refractivity contribution in [2.45, 2.75) is 12.8 Å². The van der Waals surface area contributed by atoms with Gasteiger partial charge in [0, 0.05) is 22.6 Å². The Hall–Kier alpha value is -0.890. The molecule has 1 saturated heterocycles. The van der Waals surface area contributed by atoms with Gasteiger partial charge in [-0.3, -0.25) is 4.79 Å². The van der Waals surface area contributed by atoms with Gasteiger partial charge >= 0.3 is 0 Å². The third-order valence-corrected chi connectivity index (χ3v) is 4.38. The van der Waals surface area contributed by atoms with Crippen molar-refractivity contribution in [2.24, 2.45) is 11.7 Å². The van der Waals surface area contributed by atoms with Gasteiger partial charge in [-0.1, -0.05) is 12.2 Å². The summed E-state index contributed by atoms with van der Waals surface area (Å²) >= 11 is 7.11. The first-order chi connectivity index (χ1) is 8.99. The largest absolute Gasteiger partial charge is 0.507 e. The number of phenols is 1. The highest BCUT2D eigenvalue weighted by Crippen LogP contribution is 2.24. The van der Waals surface area contributed by atoms with E-state index in [9.17, 15) is 9.90 Å². The SMILES string of the molecule is NC(=S)C1CCN(C(=O)c2cc(I)ccc2O)CC1. The molecule has 19 heavy (non-hydrogen) atoms. The first kappa shape index (κ1) is 14.5. The van der Waals surface area contributed by atoms with E-state index in [1.807, 2.05) is 0 Å². The van der Waals surface area contributed by atoms with Gasteiger partial charge in [-0.25, -0.2) is 0 Å². The number of piperidine rings is 1. The molecule has 4 nitrogen and oxygen atoms in total. The number of carbonyl (C=O) groups excluding carboxylic acids is 1. The summed E-state index contributed by atoms with van der Waals surface area (Å²) in [5.41, 5.74) is 5.99. The molecule has 0 unspecified atom stereocenters. The van der Waals surface area contributed by atoms with Gasteiger partial charge in [0.1, 0.15) is 5.75 Å². The number of carbonyl (C=O) groups is 1. The highest BCUT2D eigenvalue weighted by Gasteiger charge is 2.26. The molecular formula is C13H15IN2O2S. The number of amides is 1.